The van der Waals surface area contributed by atoms with Crippen molar-refractivity contribution in [1.82, 2.24) is 9.88 Å². The molecular weight excluding hydrogens is 264 g/mol. The van der Waals surface area contributed by atoms with Gasteiger partial charge in [-0.25, -0.2) is 4.79 Å². The number of anilines is 1. The van der Waals surface area contributed by atoms with E-state index in [4.69, 9.17) is 5.11 Å². The summed E-state index contributed by atoms with van der Waals surface area (Å²) in [6.07, 6.45) is 0.515. The molecule has 1 fully saturated rings. The van der Waals surface area contributed by atoms with E-state index in [9.17, 15) is 14.9 Å². The first-order chi connectivity index (χ1) is 9.31. The van der Waals surface area contributed by atoms with Gasteiger partial charge in [0, 0.05) is 25.7 Å². The molecular formula is C12H16N4O4. The highest BCUT2D eigenvalue weighted by atomic mass is 16.6. The summed E-state index contributed by atoms with van der Waals surface area (Å²) in [5.74, 6) is -0.197. The molecule has 108 valence electrons. The normalized spacial score (nSPS) is 17.9. The monoisotopic (exact) mass is 280 g/mol. The maximum atomic E-state index is 11.2. The van der Waals surface area contributed by atoms with Crippen molar-refractivity contribution in [2.75, 3.05) is 24.5 Å². The van der Waals surface area contributed by atoms with Crippen LogP contribution in [0.5, 0.6) is 0 Å². The van der Waals surface area contributed by atoms with Crippen LogP contribution in [-0.2, 0) is 0 Å². The standard InChI is InChI=1S/C12H16N4O4/c1-12(2)8-14(5-6-15(12)11(17)18)9-3-4-10(13-7-9)16(19)20/h3-4,7H,5-6,8H2,1-2H3,(H,17,18). The molecule has 1 aromatic heterocycles. The maximum absolute atomic E-state index is 11.2. The van der Waals surface area contributed by atoms with Crippen molar-refractivity contribution < 1.29 is 14.8 Å². The van der Waals surface area contributed by atoms with Crippen LogP contribution in [0.4, 0.5) is 16.3 Å². The molecule has 0 spiro atoms. The smallest absolute Gasteiger partial charge is 0.407 e. The van der Waals surface area contributed by atoms with Gasteiger partial charge in [0.25, 0.3) is 0 Å². The van der Waals surface area contributed by atoms with E-state index in [1.165, 1.54) is 17.2 Å². The molecule has 0 saturated carbocycles. The van der Waals surface area contributed by atoms with E-state index in [1.54, 1.807) is 6.07 Å². The molecule has 0 aliphatic carbocycles. The van der Waals surface area contributed by atoms with Crippen molar-refractivity contribution >= 4 is 17.6 Å². The summed E-state index contributed by atoms with van der Waals surface area (Å²) in [5, 5.41) is 19.7. The van der Waals surface area contributed by atoms with Crippen LogP contribution in [0.25, 0.3) is 0 Å². The molecule has 0 radical (unpaired) electrons. The molecule has 0 atom stereocenters. The molecule has 0 unspecified atom stereocenters. The molecule has 1 amide bonds. The number of hydrogen-bond donors (Lipinski definition) is 1. The molecule has 0 aromatic carbocycles. The van der Waals surface area contributed by atoms with Gasteiger partial charge in [-0.3, -0.25) is 4.90 Å². The van der Waals surface area contributed by atoms with Crippen LogP contribution < -0.4 is 4.90 Å². The third-order valence-corrected chi connectivity index (χ3v) is 3.42. The van der Waals surface area contributed by atoms with Crippen LogP contribution in [-0.4, -0.2) is 51.2 Å². The van der Waals surface area contributed by atoms with E-state index >= 15 is 0 Å². The second kappa shape index (κ2) is 4.95. The van der Waals surface area contributed by atoms with Crippen LogP contribution in [0, 0.1) is 10.1 Å². The van der Waals surface area contributed by atoms with E-state index in [-0.39, 0.29) is 5.82 Å². The highest BCUT2D eigenvalue weighted by Gasteiger charge is 2.37. The number of amides is 1. The summed E-state index contributed by atoms with van der Waals surface area (Å²) < 4.78 is 0. The second-order valence-electron chi connectivity index (χ2n) is 5.30. The lowest BCUT2D eigenvalue weighted by molar-refractivity contribution is -0.389. The topological polar surface area (TPSA) is 99.8 Å². The van der Waals surface area contributed by atoms with Gasteiger partial charge < -0.3 is 20.1 Å². The predicted octanol–water partition coefficient (Wildman–Crippen LogP) is 1.57. The van der Waals surface area contributed by atoms with Gasteiger partial charge in [0.2, 0.25) is 0 Å². The van der Waals surface area contributed by atoms with E-state index < -0.39 is 16.6 Å². The first-order valence-corrected chi connectivity index (χ1v) is 6.17. The Morgan fingerprint density at radius 1 is 1.45 bits per heavy atom. The largest absolute Gasteiger partial charge is 0.465 e. The van der Waals surface area contributed by atoms with Crippen molar-refractivity contribution in [1.29, 1.82) is 0 Å². The molecule has 2 rings (SSSR count). The molecule has 1 aliphatic rings. The Morgan fingerprint density at radius 2 is 2.15 bits per heavy atom. The number of rotatable bonds is 2. The Morgan fingerprint density at radius 3 is 2.60 bits per heavy atom. The Labute approximate surface area is 115 Å². The number of piperazine rings is 1. The number of hydrogen-bond acceptors (Lipinski definition) is 5. The molecule has 1 aromatic rings. The zero-order valence-electron chi connectivity index (χ0n) is 11.3. The van der Waals surface area contributed by atoms with Gasteiger partial charge in [0.1, 0.15) is 0 Å². The minimum atomic E-state index is -0.934. The highest BCUT2D eigenvalue weighted by molar-refractivity contribution is 5.67. The van der Waals surface area contributed by atoms with Crippen molar-refractivity contribution in [3.8, 4) is 0 Å². The van der Waals surface area contributed by atoms with Crippen LogP contribution in [0.3, 0.4) is 0 Å². The summed E-state index contributed by atoms with van der Waals surface area (Å²) >= 11 is 0. The Balaban J connectivity index is 2.15. The number of nitro groups is 1. The summed E-state index contributed by atoms with van der Waals surface area (Å²) in [4.78, 5) is 28.3. The SMILES string of the molecule is CC1(C)CN(c2ccc([N+](=O)[O-])nc2)CCN1C(=O)O. The highest BCUT2D eigenvalue weighted by Crippen LogP contribution is 2.26. The van der Waals surface area contributed by atoms with Gasteiger partial charge in [-0.1, -0.05) is 0 Å². The molecule has 0 bridgehead atoms. The summed E-state index contributed by atoms with van der Waals surface area (Å²) in [5.41, 5.74) is 0.236. The van der Waals surface area contributed by atoms with Gasteiger partial charge in [0.05, 0.1) is 11.2 Å². The minimum absolute atomic E-state index is 0.197. The molecule has 8 heteroatoms. The van der Waals surface area contributed by atoms with Gasteiger partial charge >= 0.3 is 11.9 Å². The number of carboxylic acid groups (broad SMARTS) is 1. The van der Waals surface area contributed by atoms with Crippen LogP contribution >= 0.6 is 0 Å². The lowest BCUT2D eigenvalue weighted by Crippen LogP contribution is -2.60. The average molecular weight is 280 g/mol. The third kappa shape index (κ3) is 2.63. The van der Waals surface area contributed by atoms with Crippen molar-refractivity contribution in [3.63, 3.8) is 0 Å². The minimum Gasteiger partial charge on any atom is -0.465 e. The number of carbonyl (C=O) groups is 1. The van der Waals surface area contributed by atoms with Crippen LogP contribution in [0.15, 0.2) is 18.3 Å². The number of aromatic nitrogens is 1. The summed E-state index contributed by atoms with van der Waals surface area (Å²) in [7, 11) is 0. The van der Waals surface area contributed by atoms with Gasteiger partial charge in [0.15, 0.2) is 6.20 Å². The second-order valence-corrected chi connectivity index (χ2v) is 5.30. The van der Waals surface area contributed by atoms with Crippen molar-refractivity contribution in [2.24, 2.45) is 0 Å². The van der Waals surface area contributed by atoms with E-state index in [2.05, 4.69) is 4.98 Å². The van der Waals surface area contributed by atoms with Crippen molar-refractivity contribution in [3.05, 3.63) is 28.4 Å². The fraction of sp³-hybridized carbons (Fsp3) is 0.500. The number of pyridine rings is 1. The van der Waals surface area contributed by atoms with E-state index in [0.717, 1.165) is 5.69 Å². The fourth-order valence-corrected chi connectivity index (χ4v) is 2.40. The van der Waals surface area contributed by atoms with Gasteiger partial charge in [-0.2, -0.15) is 0 Å². The first-order valence-electron chi connectivity index (χ1n) is 6.17. The molecule has 1 aliphatic heterocycles. The Kier molecular flexibility index (Phi) is 3.47. The lowest BCUT2D eigenvalue weighted by atomic mass is 9.99. The van der Waals surface area contributed by atoms with Crippen LogP contribution in [0.2, 0.25) is 0 Å². The average Bonchev–Trinajstić information content (AvgIpc) is 2.37. The Bertz CT molecular complexity index is 529. The first kappa shape index (κ1) is 14.0. The molecule has 20 heavy (non-hydrogen) atoms. The molecule has 2 heterocycles. The summed E-state index contributed by atoms with van der Waals surface area (Å²) in [6, 6.07) is 2.99. The van der Waals surface area contributed by atoms with Gasteiger partial charge in [-0.05, 0) is 29.8 Å². The number of nitrogens with zero attached hydrogens (tertiary/aromatic N) is 4. The van der Waals surface area contributed by atoms with E-state index in [1.807, 2.05) is 18.7 Å². The van der Waals surface area contributed by atoms with Gasteiger partial charge in [-0.15, -0.1) is 0 Å². The van der Waals surface area contributed by atoms with E-state index in [0.29, 0.717) is 19.6 Å². The van der Waals surface area contributed by atoms with Crippen LogP contribution in [0.1, 0.15) is 13.8 Å². The quantitative estimate of drug-likeness (QED) is 0.652. The Hall–Kier alpha value is -2.38. The zero-order chi connectivity index (χ0) is 14.9. The third-order valence-electron chi connectivity index (χ3n) is 3.42. The van der Waals surface area contributed by atoms with Crippen molar-refractivity contribution in [2.45, 2.75) is 19.4 Å². The molecule has 1 N–H and O–H groups in total. The lowest BCUT2D eigenvalue weighted by Gasteiger charge is -2.46. The molecule has 1 saturated heterocycles. The molecule has 8 nitrogen and oxygen atoms in total. The summed E-state index contributed by atoms with van der Waals surface area (Å²) in [6.45, 7) is 5.14. The fourth-order valence-electron chi connectivity index (χ4n) is 2.40. The zero-order valence-corrected chi connectivity index (χ0v) is 11.3. The predicted molar refractivity (Wildman–Crippen MR) is 71.9 cm³/mol. The maximum Gasteiger partial charge on any atom is 0.407 e.